The molecule has 1 amide bonds. The molecule has 3 aromatic rings. The summed E-state index contributed by atoms with van der Waals surface area (Å²) in [6.07, 6.45) is 1.93. The summed E-state index contributed by atoms with van der Waals surface area (Å²) in [7, 11) is -3.76. The second-order valence-corrected chi connectivity index (χ2v) is 8.71. The predicted molar refractivity (Wildman–Crippen MR) is 115 cm³/mol. The molecule has 8 heteroatoms. The van der Waals surface area contributed by atoms with Gasteiger partial charge in [0.1, 0.15) is 0 Å². The highest BCUT2D eigenvalue weighted by atomic mass is 35.5. The number of sulfonamides is 1. The van der Waals surface area contributed by atoms with Crippen LogP contribution < -0.4 is 10.0 Å². The Morgan fingerprint density at radius 2 is 1.61 bits per heavy atom. The first-order valence-corrected chi connectivity index (χ1v) is 11.3. The number of nitrogens with one attached hydrogen (secondary N) is 2. The number of para-hydroxylation sites is 1. The molecular weight excluding hydrogens is 416 g/mol. The molecular formula is C20H17ClN2O3S2. The van der Waals surface area contributed by atoms with Crippen molar-refractivity contribution in [2.45, 2.75) is 9.79 Å². The third-order valence-corrected chi connectivity index (χ3v) is 6.37. The van der Waals surface area contributed by atoms with Crippen molar-refractivity contribution >= 4 is 50.7 Å². The van der Waals surface area contributed by atoms with Crippen LogP contribution in [0.3, 0.4) is 0 Å². The lowest BCUT2D eigenvalue weighted by Crippen LogP contribution is -2.15. The molecule has 0 aliphatic rings. The molecule has 28 heavy (non-hydrogen) atoms. The lowest BCUT2D eigenvalue weighted by Gasteiger charge is -2.12. The van der Waals surface area contributed by atoms with Crippen molar-refractivity contribution in [2.24, 2.45) is 0 Å². The summed E-state index contributed by atoms with van der Waals surface area (Å²) < 4.78 is 27.3. The second-order valence-electron chi connectivity index (χ2n) is 5.77. The van der Waals surface area contributed by atoms with Gasteiger partial charge in [-0.25, -0.2) is 8.42 Å². The van der Waals surface area contributed by atoms with Gasteiger partial charge in [0.25, 0.3) is 15.9 Å². The molecule has 0 aliphatic carbocycles. The van der Waals surface area contributed by atoms with Crippen LogP contribution >= 0.6 is 23.4 Å². The number of anilines is 2. The largest absolute Gasteiger partial charge is 0.321 e. The van der Waals surface area contributed by atoms with Crippen LogP contribution in [-0.4, -0.2) is 20.6 Å². The number of amides is 1. The normalized spacial score (nSPS) is 11.1. The minimum Gasteiger partial charge on any atom is -0.321 e. The molecule has 0 fully saturated rings. The van der Waals surface area contributed by atoms with Crippen molar-refractivity contribution in [2.75, 3.05) is 16.3 Å². The van der Waals surface area contributed by atoms with Crippen molar-refractivity contribution < 1.29 is 13.2 Å². The van der Waals surface area contributed by atoms with Crippen LogP contribution in [0.5, 0.6) is 0 Å². The quantitative estimate of drug-likeness (QED) is 0.530. The first-order valence-electron chi connectivity index (χ1n) is 8.22. The Morgan fingerprint density at radius 3 is 2.29 bits per heavy atom. The highest BCUT2D eigenvalue weighted by Crippen LogP contribution is 2.28. The van der Waals surface area contributed by atoms with Crippen LogP contribution in [0, 0.1) is 0 Å². The van der Waals surface area contributed by atoms with Crippen LogP contribution in [0.4, 0.5) is 11.4 Å². The van der Waals surface area contributed by atoms with E-state index in [2.05, 4.69) is 10.0 Å². The smallest absolute Gasteiger partial charge is 0.261 e. The van der Waals surface area contributed by atoms with Crippen LogP contribution in [0.25, 0.3) is 0 Å². The standard InChI is InChI=1S/C20H17ClN2O3S2/c1-27-19-10-6-5-9-18(19)22-20(24)14-11-12-17(16(21)13-14)23-28(25,26)15-7-3-2-4-8-15/h2-13,23H,1H3,(H,22,24). The van der Waals surface area contributed by atoms with Gasteiger partial charge in [-0.3, -0.25) is 9.52 Å². The fraction of sp³-hybridized carbons (Fsp3) is 0.0500. The fourth-order valence-corrected chi connectivity index (χ4v) is 4.42. The van der Waals surface area contributed by atoms with Gasteiger partial charge in [0.15, 0.2) is 0 Å². The number of halogens is 1. The number of hydrogen-bond acceptors (Lipinski definition) is 4. The van der Waals surface area contributed by atoms with E-state index in [-0.39, 0.29) is 21.5 Å². The summed E-state index contributed by atoms with van der Waals surface area (Å²) in [5, 5.41) is 2.97. The molecule has 0 aromatic heterocycles. The number of thioether (sulfide) groups is 1. The number of carbonyl (C=O) groups is 1. The Balaban J connectivity index is 1.80. The number of hydrogen-bond donors (Lipinski definition) is 2. The number of rotatable bonds is 6. The maximum atomic E-state index is 12.5. The molecule has 5 nitrogen and oxygen atoms in total. The van der Waals surface area contributed by atoms with E-state index in [1.807, 2.05) is 30.5 Å². The van der Waals surface area contributed by atoms with Crippen molar-refractivity contribution in [3.8, 4) is 0 Å². The Hall–Kier alpha value is -2.48. The Kier molecular flexibility index (Phi) is 6.28. The molecule has 0 heterocycles. The third kappa shape index (κ3) is 4.67. The Bertz CT molecular complexity index is 1100. The maximum absolute atomic E-state index is 12.5. The van der Waals surface area contributed by atoms with E-state index < -0.39 is 10.0 Å². The first kappa shape index (κ1) is 20.3. The highest BCUT2D eigenvalue weighted by molar-refractivity contribution is 7.98. The molecule has 3 rings (SSSR count). The molecule has 0 unspecified atom stereocenters. The van der Waals surface area contributed by atoms with Crippen molar-refractivity contribution in [3.05, 3.63) is 83.4 Å². The van der Waals surface area contributed by atoms with E-state index >= 15 is 0 Å². The fourth-order valence-electron chi connectivity index (χ4n) is 2.48. The van der Waals surface area contributed by atoms with Gasteiger partial charge in [0, 0.05) is 10.5 Å². The molecule has 0 radical (unpaired) electrons. The molecule has 0 atom stereocenters. The average Bonchev–Trinajstić information content (AvgIpc) is 2.70. The van der Waals surface area contributed by atoms with Crippen LogP contribution in [0.1, 0.15) is 10.4 Å². The predicted octanol–water partition coefficient (Wildman–Crippen LogP) is 5.12. The van der Waals surface area contributed by atoms with Crippen molar-refractivity contribution in [1.82, 2.24) is 0 Å². The zero-order valence-electron chi connectivity index (χ0n) is 14.8. The number of carbonyl (C=O) groups excluding carboxylic acids is 1. The van der Waals surface area contributed by atoms with Gasteiger partial charge in [-0.1, -0.05) is 41.9 Å². The van der Waals surface area contributed by atoms with Gasteiger partial charge in [-0.2, -0.15) is 0 Å². The SMILES string of the molecule is CSc1ccccc1NC(=O)c1ccc(NS(=O)(=O)c2ccccc2)c(Cl)c1. The van der Waals surface area contributed by atoms with Gasteiger partial charge in [0.05, 0.1) is 21.3 Å². The summed E-state index contributed by atoms with van der Waals surface area (Å²) >= 11 is 7.74. The molecule has 2 N–H and O–H groups in total. The molecule has 3 aromatic carbocycles. The van der Waals surface area contributed by atoms with E-state index in [4.69, 9.17) is 11.6 Å². The minimum absolute atomic E-state index is 0.126. The maximum Gasteiger partial charge on any atom is 0.261 e. The summed E-state index contributed by atoms with van der Waals surface area (Å²) in [5.74, 6) is -0.333. The summed E-state index contributed by atoms with van der Waals surface area (Å²) in [6, 6.07) is 19.9. The summed E-state index contributed by atoms with van der Waals surface area (Å²) in [4.78, 5) is 13.6. The van der Waals surface area contributed by atoms with Gasteiger partial charge < -0.3 is 5.32 Å². The molecule has 0 aliphatic heterocycles. The molecule has 0 saturated heterocycles. The van der Waals surface area contributed by atoms with E-state index in [0.29, 0.717) is 11.3 Å². The number of benzene rings is 3. The van der Waals surface area contributed by atoms with Crippen molar-refractivity contribution in [3.63, 3.8) is 0 Å². The van der Waals surface area contributed by atoms with Crippen LogP contribution in [0.2, 0.25) is 5.02 Å². The minimum atomic E-state index is -3.76. The van der Waals surface area contributed by atoms with Crippen LogP contribution in [-0.2, 0) is 10.0 Å². The lowest BCUT2D eigenvalue weighted by atomic mass is 10.2. The topological polar surface area (TPSA) is 75.3 Å². The van der Waals surface area contributed by atoms with E-state index in [0.717, 1.165) is 4.90 Å². The van der Waals surface area contributed by atoms with Gasteiger partial charge in [-0.05, 0) is 48.7 Å². The monoisotopic (exact) mass is 432 g/mol. The zero-order chi connectivity index (χ0) is 20.1. The molecule has 144 valence electrons. The van der Waals surface area contributed by atoms with E-state index in [9.17, 15) is 13.2 Å². The Morgan fingerprint density at radius 1 is 0.929 bits per heavy atom. The average molecular weight is 433 g/mol. The van der Waals surface area contributed by atoms with E-state index in [1.165, 1.54) is 42.1 Å². The molecule has 0 bridgehead atoms. The first-order chi connectivity index (χ1) is 13.4. The van der Waals surface area contributed by atoms with Crippen molar-refractivity contribution in [1.29, 1.82) is 0 Å². The highest BCUT2D eigenvalue weighted by Gasteiger charge is 2.17. The van der Waals surface area contributed by atoms with Gasteiger partial charge >= 0.3 is 0 Å². The second kappa shape index (κ2) is 8.68. The van der Waals surface area contributed by atoms with Gasteiger partial charge in [-0.15, -0.1) is 11.8 Å². The lowest BCUT2D eigenvalue weighted by molar-refractivity contribution is 0.102. The molecule has 0 spiro atoms. The third-order valence-electron chi connectivity index (χ3n) is 3.88. The van der Waals surface area contributed by atoms with Crippen LogP contribution in [0.15, 0.2) is 82.6 Å². The van der Waals surface area contributed by atoms with Gasteiger partial charge in [0.2, 0.25) is 0 Å². The zero-order valence-corrected chi connectivity index (χ0v) is 17.2. The summed E-state index contributed by atoms with van der Waals surface area (Å²) in [6.45, 7) is 0. The van der Waals surface area contributed by atoms with E-state index in [1.54, 1.807) is 18.2 Å². The Labute approximate surface area is 173 Å². The molecule has 0 saturated carbocycles. The summed E-state index contributed by atoms with van der Waals surface area (Å²) in [5.41, 5.74) is 1.22.